The lowest BCUT2D eigenvalue weighted by molar-refractivity contribution is -0.142. The van der Waals surface area contributed by atoms with Crippen molar-refractivity contribution < 1.29 is 32.2 Å². The van der Waals surface area contributed by atoms with Crippen LogP contribution in [0.1, 0.15) is 23.7 Å². The lowest BCUT2D eigenvalue weighted by atomic mass is 10.2. The molecule has 1 amide bonds. The van der Waals surface area contributed by atoms with Crippen LogP contribution in [0.15, 0.2) is 24.3 Å². The zero-order valence-corrected chi connectivity index (χ0v) is 18.6. The van der Waals surface area contributed by atoms with Gasteiger partial charge in [0.15, 0.2) is 27.9 Å². The molecule has 2 aliphatic heterocycles. The first-order valence-corrected chi connectivity index (χ1v) is 11.9. The summed E-state index contributed by atoms with van der Waals surface area (Å²) in [4.78, 5) is 24.1. The number of carbonyl (C=O) groups is 2. The highest BCUT2D eigenvalue weighted by atomic mass is 35.5. The molecule has 0 unspecified atom stereocenters. The van der Waals surface area contributed by atoms with Gasteiger partial charge in [-0.1, -0.05) is 11.6 Å². The zero-order valence-electron chi connectivity index (χ0n) is 17.0. The quantitative estimate of drug-likeness (QED) is 0.491. The van der Waals surface area contributed by atoms with Crippen LogP contribution in [0, 0.1) is 6.92 Å². The number of hydrogen-bond acceptors (Lipinski definition) is 8. The highest BCUT2D eigenvalue weighted by Crippen LogP contribution is 2.34. The molecular formula is C20H20ClN3O7S. The average Bonchev–Trinajstić information content (AvgIpc) is 3.42. The minimum atomic E-state index is -3.09. The number of sulfone groups is 1. The molecule has 0 spiro atoms. The SMILES string of the molecule is Cc1nn([C@@H]2CCS(=O)(=O)C2)c(Cl)c1/C=C/C(=O)OCC(=O)Nc1ccc2c(c1)OCO2. The Morgan fingerprint density at radius 2 is 2.12 bits per heavy atom. The zero-order chi connectivity index (χ0) is 22.9. The van der Waals surface area contributed by atoms with Crippen molar-refractivity contribution in [3.63, 3.8) is 0 Å². The number of aryl methyl sites for hydroxylation is 1. The fourth-order valence-corrected chi connectivity index (χ4v) is 5.51. The first-order valence-electron chi connectivity index (χ1n) is 9.71. The van der Waals surface area contributed by atoms with Gasteiger partial charge in [0.2, 0.25) is 6.79 Å². The van der Waals surface area contributed by atoms with Gasteiger partial charge < -0.3 is 19.5 Å². The number of carbonyl (C=O) groups excluding carboxylic acids is 2. The van der Waals surface area contributed by atoms with Gasteiger partial charge in [-0.3, -0.25) is 4.79 Å². The molecule has 0 bridgehead atoms. The fourth-order valence-electron chi connectivity index (χ4n) is 3.44. The van der Waals surface area contributed by atoms with E-state index < -0.39 is 28.3 Å². The average molecular weight is 482 g/mol. The Morgan fingerprint density at radius 3 is 2.88 bits per heavy atom. The molecule has 10 nitrogen and oxygen atoms in total. The number of halogens is 1. The van der Waals surface area contributed by atoms with Gasteiger partial charge in [-0.05, 0) is 31.6 Å². The predicted octanol–water partition coefficient (Wildman–Crippen LogP) is 2.13. The molecule has 1 saturated heterocycles. The van der Waals surface area contributed by atoms with E-state index in [1.165, 1.54) is 10.8 Å². The maximum atomic E-state index is 12.0. The summed E-state index contributed by atoms with van der Waals surface area (Å²) in [5.74, 6) is -0.0688. The number of anilines is 1. The van der Waals surface area contributed by atoms with Crippen LogP contribution >= 0.6 is 11.6 Å². The van der Waals surface area contributed by atoms with Crippen LogP contribution in [-0.2, 0) is 24.2 Å². The van der Waals surface area contributed by atoms with Crippen molar-refractivity contribution in [2.75, 3.05) is 30.2 Å². The predicted molar refractivity (Wildman–Crippen MR) is 115 cm³/mol. The summed E-state index contributed by atoms with van der Waals surface area (Å²) in [5, 5.41) is 7.16. The molecule has 0 radical (unpaired) electrons. The molecule has 32 heavy (non-hydrogen) atoms. The lowest BCUT2D eigenvalue weighted by Crippen LogP contribution is -2.20. The van der Waals surface area contributed by atoms with Gasteiger partial charge in [0, 0.05) is 23.4 Å². The summed E-state index contributed by atoms with van der Waals surface area (Å²) in [6.07, 6.45) is 3.01. The minimum Gasteiger partial charge on any atom is -0.454 e. The number of esters is 1. The first kappa shape index (κ1) is 22.2. The third-order valence-corrected chi connectivity index (χ3v) is 7.14. The van der Waals surface area contributed by atoms with E-state index in [1.54, 1.807) is 25.1 Å². The Kier molecular flexibility index (Phi) is 6.11. The number of fused-ring (bicyclic) bond motifs is 1. The summed E-state index contributed by atoms with van der Waals surface area (Å²) in [6.45, 7) is 1.35. The molecule has 1 atom stereocenters. The number of hydrogen-bond donors (Lipinski definition) is 1. The Bertz CT molecular complexity index is 1210. The van der Waals surface area contributed by atoms with Gasteiger partial charge in [0.05, 0.1) is 23.2 Å². The molecule has 3 heterocycles. The molecule has 0 saturated carbocycles. The number of nitrogens with one attached hydrogen (secondary N) is 1. The van der Waals surface area contributed by atoms with Gasteiger partial charge in [-0.2, -0.15) is 5.10 Å². The maximum Gasteiger partial charge on any atom is 0.331 e. The van der Waals surface area contributed by atoms with E-state index in [0.717, 1.165) is 6.08 Å². The van der Waals surface area contributed by atoms with Gasteiger partial charge in [-0.25, -0.2) is 17.9 Å². The van der Waals surface area contributed by atoms with E-state index >= 15 is 0 Å². The summed E-state index contributed by atoms with van der Waals surface area (Å²) in [5.41, 5.74) is 1.51. The van der Waals surface area contributed by atoms with E-state index in [4.69, 9.17) is 25.8 Å². The van der Waals surface area contributed by atoms with Crippen molar-refractivity contribution in [1.82, 2.24) is 9.78 Å². The Hall–Kier alpha value is -3.05. The number of benzene rings is 1. The lowest BCUT2D eigenvalue weighted by Gasteiger charge is -2.09. The second-order valence-corrected chi connectivity index (χ2v) is 9.94. The topological polar surface area (TPSA) is 126 Å². The minimum absolute atomic E-state index is 0.0164. The number of amides is 1. The van der Waals surface area contributed by atoms with Gasteiger partial charge >= 0.3 is 5.97 Å². The van der Waals surface area contributed by atoms with E-state index in [2.05, 4.69) is 10.4 Å². The molecule has 12 heteroatoms. The molecule has 1 N–H and O–H groups in total. The summed E-state index contributed by atoms with van der Waals surface area (Å²) < 4.78 is 40.3. The monoisotopic (exact) mass is 481 g/mol. The van der Waals surface area contributed by atoms with Crippen LogP contribution in [0.3, 0.4) is 0 Å². The molecule has 2 aromatic rings. The van der Waals surface area contributed by atoms with Gasteiger partial charge in [0.25, 0.3) is 5.91 Å². The fraction of sp³-hybridized carbons (Fsp3) is 0.350. The van der Waals surface area contributed by atoms with Crippen molar-refractivity contribution in [2.24, 2.45) is 0 Å². The highest BCUT2D eigenvalue weighted by molar-refractivity contribution is 7.91. The number of nitrogens with zero attached hydrogens (tertiary/aromatic N) is 2. The van der Waals surface area contributed by atoms with Gasteiger partial charge in [0.1, 0.15) is 5.15 Å². The Balaban J connectivity index is 1.32. The van der Waals surface area contributed by atoms with Crippen LogP contribution < -0.4 is 14.8 Å². The summed E-state index contributed by atoms with van der Waals surface area (Å²) in [6, 6.07) is 4.59. The Morgan fingerprint density at radius 1 is 1.34 bits per heavy atom. The Labute approximate surface area is 189 Å². The number of ether oxygens (including phenoxy) is 3. The largest absolute Gasteiger partial charge is 0.454 e. The van der Waals surface area contributed by atoms with E-state index in [9.17, 15) is 18.0 Å². The molecule has 0 aliphatic carbocycles. The normalized spacial score (nSPS) is 18.8. The van der Waals surface area contributed by atoms with E-state index in [1.807, 2.05) is 0 Å². The second kappa shape index (κ2) is 8.83. The van der Waals surface area contributed by atoms with Crippen molar-refractivity contribution in [2.45, 2.75) is 19.4 Å². The van der Waals surface area contributed by atoms with Crippen LogP contribution in [0.5, 0.6) is 11.5 Å². The molecule has 1 aromatic heterocycles. The van der Waals surface area contributed by atoms with Crippen LogP contribution in [0.25, 0.3) is 6.08 Å². The molecule has 1 aromatic carbocycles. The van der Waals surface area contributed by atoms with Crippen LogP contribution in [0.2, 0.25) is 5.15 Å². The summed E-state index contributed by atoms with van der Waals surface area (Å²) in [7, 11) is -3.09. The molecule has 4 rings (SSSR count). The third-order valence-electron chi connectivity index (χ3n) is 5.01. The smallest absolute Gasteiger partial charge is 0.331 e. The van der Waals surface area contributed by atoms with Gasteiger partial charge in [-0.15, -0.1) is 0 Å². The second-order valence-electron chi connectivity index (χ2n) is 7.35. The first-order chi connectivity index (χ1) is 15.2. The number of aromatic nitrogens is 2. The molecule has 1 fully saturated rings. The number of rotatable bonds is 6. The van der Waals surface area contributed by atoms with Crippen LogP contribution in [0.4, 0.5) is 5.69 Å². The van der Waals surface area contributed by atoms with E-state index in [-0.39, 0.29) is 29.5 Å². The molecule has 170 valence electrons. The maximum absolute atomic E-state index is 12.0. The molecule has 2 aliphatic rings. The van der Waals surface area contributed by atoms with Crippen molar-refractivity contribution >= 4 is 45.1 Å². The van der Waals surface area contributed by atoms with E-state index in [0.29, 0.717) is 34.9 Å². The highest BCUT2D eigenvalue weighted by Gasteiger charge is 2.31. The van der Waals surface area contributed by atoms with Crippen molar-refractivity contribution in [3.8, 4) is 11.5 Å². The summed E-state index contributed by atoms with van der Waals surface area (Å²) >= 11 is 6.36. The molecular weight excluding hydrogens is 462 g/mol. The standard InChI is InChI=1S/C20H20ClN3O7S/c1-12-15(20(21)24(23-12)14-6-7-32(27,28)10-14)3-5-19(26)29-9-18(25)22-13-2-4-16-17(8-13)31-11-30-16/h2-5,8,14H,6-7,9-11H2,1H3,(H,22,25)/b5-3+/t14-/m1/s1. The van der Waals surface area contributed by atoms with Crippen molar-refractivity contribution in [3.05, 3.63) is 40.7 Å². The van der Waals surface area contributed by atoms with Crippen LogP contribution in [-0.4, -0.2) is 55.0 Å². The third kappa shape index (κ3) is 4.89. The van der Waals surface area contributed by atoms with Crippen molar-refractivity contribution in [1.29, 1.82) is 0 Å².